The second-order valence-corrected chi connectivity index (χ2v) is 10.3. The third-order valence-electron chi connectivity index (χ3n) is 6.44. The number of fused-ring (bicyclic) bond motifs is 2. The number of amides is 2. The molecule has 0 aliphatic carbocycles. The molecule has 2 amide bonds. The van der Waals surface area contributed by atoms with Gasteiger partial charge in [0.05, 0.1) is 24.1 Å². The number of ether oxygens (including phenoxy) is 4. The maximum absolute atomic E-state index is 13.2. The highest BCUT2D eigenvalue weighted by molar-refractivity contribution is 8.18. The van der Waals surface area contributed by atoms with Gasteiger partial charge in [-0.1, -0.05) is 54.1 Å². The van der Waals surface area contributed by atoms with Crippen molar-refractivity contribution in [1.82, 2.24) is 4.90 Å². The van der Waals surface area contributed by atoms with E-state index in [0.29, 0.717) is 39.0 Å². The molecular formula is C30H20ClNO7S. The summed E-state index contributed by atoms with van der Waals surface area (Å²) in [5.41, 5.74) is 1.52. The van der Waals surface area contributed by atoms with Crippen molar-refractivity contribution in [2.45, 2.75) is 6.54 Å². The number of esters is 1. The molecule has 0 unspecified atom stereocenters. The van der Waals surface area contributed by atoms with E-state index >= 15 is 0 Å². The SMILES string of the molecule is COc1ccc(/C=C2\SC(=O)N(Cc3cc4c(cc3Cl)OCO4)C2=O)cc1OC(=O)c1cccc2ccccc12. The Morgan fingerprint density at radius 3 is 2.60 bits per heavy atom. The lowest BCUT2D eigenvalue weighted by Gasteiger charge is -2.14. The van der Waals surface area contributed by atoms with E-state index in [1.54, 1.807) is 48.5 Å². The summed E-state index contributed by atoms with van der Waals surface area (Å²) in [6, 6.07) is 21.1. The molecular weight excluding hydrogens is 554 g/mol. The monoisotopic (exact) mass is 573 g/mol. The molecule has 1 fully saturated rings. The predicted molar refractivity (Wildman–Crippen MR) is 151 cm³/mol. The van der Waals surface area contributed by atoms with Crippen LogP contribution >= 0.6 is 23.4 Å². The third-order valence-corrected chi connectivity index (χ3v) is 7.70. The zero-order valence-corrected chi connectivity index (χ0v) is 22.6. The first-order valence-electron chi connectivity index (χ1n) is 12.1. The molecule has 40 heavy (non-hydrogen) atoms. The summed E-state index contributed by atoms with van der Waals surface area (Å²) in [4.78, 5) is 40.4. The Kier molecular flexibility index (Phi) is 6.83. The summed E-state index contributed by atoms with van der Waals surface area (Å²) in [5.74, 6) is 0.531. The largest absolute Gasteiger partial charge is 0.493 e. The van der Waals surface area contributed by atoms with Crippen molar-refractivity contribution in [2.24, 2.45) is 0 Å². The Labute approximate surface area is 238 Å². The number of methoxy groups -OCH3 is 1. The second-order valence-electron chi connectivity index (χ2n) is 8.89. The van der Waals surface area contributed by atoms with Gasteiger partial charge in [0.1, 0.15) is 0 Å². The Morgan fingerprint density at radius 2 is 1.77 bits per heavy atom. The van der Waals surface area contributed by atoms with Crippen LogP contribution in [0.1, 0.15) is 21.5 Å². The predicted octanol–water partition coefficient (Wildman–Crippen LogP) is 6.69. The maximum atomic E-state index is 13.2. The topological polar surface area (TPSA) is 91.4 Å². The van der Waals surface area contributed by atoms with E-state index in [1.807, 2.05) is 30.3 Å². The molecule has 0 atom stereocenters. The quantitative estimate of drug-likeness (QED) is 0.143. The number of rotatable bonds is 6. The molecule has 200 valence electrons. The Balaban J connectivity index is 1.24. The molecule has 2 aliphatic heterocycles. The van der Waals surface area contributed by atoms with Crippen LogP contribution in [-0.2, 0) is 11.3 Å². The van der Waals surface area contributed by atoms with E-state index in [1.165, 1.54) is 7.11 Å². The van der Waals surface area contributed by atoms with Gasteiger partial charge >= 0.3 is 5.97 Å². The molecule has 0 radical (unpaired) electrons. The molecule has 10 heteroatoms. The fourth-order valence-corrected chi connectivity index (χ4v) is 5.51. The number of benzene rings is 4. The van der Waals surface area contributed by atoms with Crippen molar-refractivity contribution in [2.75, 3.05) is 13.9 Å². The van der Waals surface area contributed by atoms with Crippen molar-refractivity contribution >= 4 is 57.3 Å². The van der Waals surface area contributed by atoms with Gasteiger partial charge in [-0.25, -0.2) is 4.79 Å². The molecule has 0 bridgehead atoms. The normalized spacial score (nSPS) is 15.2. The molecule has 8 nitrogen and oxygen atoms in total. The Bertz CT molecular complexity index is 1730. The summed E-state index contributed by atoms with van der Waals surface area (Å²) in [5, 5.41) is 1.61. The van der Waals surface area contributed by atoms with Crippen molar-refractivity contribution < 1.29 is 33.3 Å². The van der Waals surface area contributed by atoms with Crippen LogP contribution in [0.25, 0.3) is 16.8 Å². The first-order chi connectivity index (χ1) is 19.4. The highest BCUT2D eigenvalue weighted by atomic mass is 35.5. The van der Waals surface area contributed by atoms with Crippen molar-refractivity contribution in [3.8, 4) is 23.0 Å². The van der Waals surface area contributed by atoms with Gasteiger partial charge in [0.2, 0.25) is 6.79 Å². The molecule has 0 N–H and O–H groups in total. The Morgan fingerprint density at radius 1 is 1.00 bits per heavy atom. The van der Waals surface area contributed by atoms with Gasteiger partial charge in [-0.3, -0.25) is 14.5 Å². The molecule has 4 aromatic carbocycles. The van der Waals surface area contributed by atoms with Crippen LogP contribution in [0.2, 0.25) is 5.02 Å². The smallest absolute Gasteiger partial charge is 0.344 e. The van der Waals surface area contributed by atoms with E-state index in [0.717, 1.165) is 27.4 Å². The van der Waals surface area contributed by atoms with Gasteiger partial charge in [-0.2, -0.15) is 0 Å². The zero-order valence-electron chi connectivity index (χ0n) is 21.0. The fourth-order valence-electron chi connectivity index (χ4n) is 4.46. The van der Waals surface area contributed by atoms with Crippen LogP contribution in [0.15, 0.2) is 77.7 Å². The zero-order chi connectivity index (χ0) is 27.8. The molecule has 6 rings (SSSR count). The lowest BCUT2D eigenvalue weighted by Crippen LogP contribution is -2.27. The van der Waals surface area contributed by atoms with Crippen molar-refractivity contribution in [3.05, 3.63) is 99.4 Å². The van der Waals surface area contributed by atoms with Crippen molar-refractivity contribution in [1.29, 1.82) is 0 Å². The average Bonchev–Trinajstić information content (AvgIpc) is 3.51. The number of nitrogens with zero attached hydrogens (tertiary/aromatic N) is 1. The average molecular weight is 574 g/mol. The first-order valence-corrected chi connectivity index (χ1v) is 13.3. The van der Waals surface area contributed by atoms with Crippen LogP contribution in [0, 0.1) is 0 Å². The number of carbonyl (C=O) groups excluding carboxylic acids is 3. The number of hydrogen-bond acceptors (Lipinski definition) is 8. The molecule has 2 aliphatic rings. The fraction of sp³-hybridized carbons (Fsp3) is 0.100. The van der Waals surface area contributed by atoms with E-state index in [-0.39, 0.29) is 24.0 Å². The van der Waals surface area contributed by atoms with Crippen LogP contribution in [0.4, 0.5) is 4.79 Å². The number of carbonyl (C=O) groups is 3. The number of halogens is 1. The highest BCUT2D eigenvalue weighted by Gasteiger charge is 2.36. The standard InChI is InChI=1S/C30H20ClNO7S/c1-36-23-10-9-17(11-26(23)39-29(34)21-8-4-6-18-5-2-3-7-20(18)21)12-27-28(33)32(30(35)40-27)15-19-13-24-25(14-22(19)31)38-16-37-24/h2-14H,15-16H2,1H3/b27-12-. The maximum Gasteiger partial charge on any atom is 0.344 e. The summed E-state index contributed by atoms with van der Waals surface area (Å²) in [6.07, 6.45) is 1.57. The molecule has 2 heterocycles. The molecule has 1 saturated heterocycles. The van der Waals surface area contributed by atoms with Gasteiger partial charge in [-0.15, -0.1) is 0 Å². The summed E-state index contributed by atoms with van der Waals surface area (Å²) in [6.45, 7) is 0.0640. The number of imide groups is 1. The minimum Gasteiger partial charge on any atom is -0.493 e. The molecule has 4 aromatic rings. The summed E-state index contributed by atoms with van der Waals surface area (Å²) >= 11 is 7.17. The minimum absolute atomic E-state index is 0.0199. The summed E-state index contributed by atoms with van der Waals surface area (Å²) < 4.78 is 21.8. The van der Waals surface area contributed by atoms with Crippen LogP contribution < -0.4 is 18.9 Å². The lowest BCUT2D eigenvalue weighted by molar-refractivity contribution is -0.123. The van der Waals surface area contributed by atoms with E-state index in [2.05, 4.69) is 0 Å². The van der Waals surface area contributed by atoms with Crippen molar-refractivity contribution in [3.63, 3.8) is 0 Å². The lowest BCUT2D eigenvalue weighted by atomic mass is 10.0. The van der Waals surface area contributed by atoms with E-state index < -0.39 is 17.1 Å². The molecule has 0 spiro atoms. The second kappa shape index (κ2) is 10.6. The van der Waals surface area contributed by atoms with Gasteiger partial charge in [-0.05, 0) is 64.0 Å². The molecule has 0 saturated carbocycles. The van der Waals surface area contributed by atoms with E-state index in [4.69, 9.17) is 30.5 Å². The van der Waals surface area contributed by atoms with Gasteiger partial charge in [0, 0.05) is 11.1 Å². The Hall–Kier alpha value is -4.47. The van der Waals surface area contributed by atoms with Gasteiger partial charge in [0.25, 0.3) is 11.1 Å². The van der Waals surface area contributed by atoms with Gasteiger partial charge < -0.3 is 18.9 Å². The van der Waals surface area contributed by atoms with Crippen LogP contribution in [0.5, 0.6) is 23.0 Å². The highest BCUT2D eigenvalue weighted by Crippen LogP contribution is 2.40. The molecule has 0 aromatic heterocycles. The summed E-state index contributed by atoms with van der Waals surface area (Å²) in [7, 11) is 1.47. The van der Waals surface area contributed by atoms with Gasteiger partial charge in [0.15, 0.2) is 23.0 Å². The minimum atomic E-state index is -0.548. The van der Waals surface area contributed by atoms with Crippen LogP contribution in [0.3, 0.4) is 0 Å². The number of thioether (sulfide) groups is 1. The van der Waals surface area contributed by atoms with Crippen LogP contribution in [-0.4, -0.2) is 35.9 Å². The third kappa shape index (κ3) is 4.85. The first kappa shape index (κ1) is 25.8. The van der Waals surface area contributed by atoms with E-state index in [9.17, 15) is 14.4 Å². The number of hydrogen-bond donors (Lipinski definition) is 0.